The topological polar surface area (TPSA) is 52.6 Å². The molecule has 0 radical (unpaired) electrons. The Morgan fingerprint density at radius 1 is 1.38 bits per heavy atom. The van der Waals surface area contributed by atoms with Crippen LogP contribution in [0.3, 0.4) is 0 Å². The van der Waals surface area contributed by atoms with E-state index in [-0.39, 0.29) is 13.2 Å². The molecule has 7 heteroatoms. The van der Waals surface area contributed by atoms with Crippen molar-refractivity contribution < 1.29 is 17.3 Å². The Morgan fingerprint density at radius 3 is 2.52 bits per heavy atom. The molecule has 0 aliphatic carbocycles. The molecule has 1 aromatic carbocycles. The Morgan fingerprint density at radius 2 is 2.05 bits per heavy atom. The van der Waals surface area contributed by atoms with Crippen LogP contribution in [0.25, 0.3) is 0 Å². The van der Waals surface area contributed by atoms with Gasteiger partial charge in [-0.05, 0) is 18.6 Å². The third-order valence-corrected chi connectivity index (χ3v) is 4.07. The van der Waals surface area contributed by atoms with Crippen molar-refractivity contribution in [3.05, 3.63) is 46.5 Å². The molecule has 1 rings (SSSR count). The van der Waals surface area contributed by atoms with Crippen molar-refractivity contribution in [3.8, 4) is 0 Å². The second kappa shape index (κ2) is 7.61. The number of ether oxygens (including phenoxy) is 1. The summed E-state index contributed by atoms with van der Waals surface area (Å²) in [5, 5.41) is 0.881. The zero-order valence-electron chi connectivity index (χ0n) is 11.9. The highest BCUT2D eigenvalue weighted by molar-refractivity contribution is 7.85. The second-order valence-electron chi connectivity index (χ2n) is 4.54. The molecule has 118 valence electrons. The Labute approximate surface area is 135 Å². The Hall–Kier alpha value is -0.590. The summed E-state index contributed by atoms with van der Waals surface area (Å²) in [6.45, 7) is 5.53. The van der Waals surface area contributed by atoms with Crippen molar-refractivity contribution in [1.29, 1.82) is 0 Å². The lowest BCUT2D eigenvalue weighted by Gasteiger charge is -2.33. The molecule has 0 aromatic heterocycles. The van der Waals surface area contributed by atoms with Crippen molar-refractivity contribution in [3.63, 3.8) is 0 Å². The first-order valence-corrected chi connectivity index (χ1v) is 8.86. The monoisotopic (exact) mass is 352 g/mol. The van der Waals surface area contributed by atoms with E-state index in [1.54, 1.807) is 24.3 Å². The molecule has 0 bridgehead atoms. The van der Waals surface area contributed by atoms with Gasteiger partial charge in [0.2, 0.25) is 0 Å². The number of benzene rings is 1. The molecule has 0 aliphatic rings. The van der Waals surface area contributed by atoms with Gasteiger partial charge in [-0.3, -0.25) is 4.18 Å². The Kier molecular flexibility index (Phi) is 6.69. The van der Waals surface area contributed by atoms with Crippen LogP contribution in [-0.2, 0) is 24.6 Å². The summed E-state index contributed by atoms with van der Waals surface area (Å²) in [4.78, 5) is 0. The predicted molar refractivity (Wildman–Crippen MR) is 85.4 cm³/mol. The van der Waals surface area contributed by atoms with Gasteiger partial charge in [-0.15, -0.1) is 6.58 Å². The highest BCUT2D eigenvalue weighted by atomic mass is 35.5. The van der Waals surface area contributed by atoms with Gasteiger partial charge in [-0.25, -0.2) is 0 Å². The van der Waals surface area contributed by atoms with Crippen molar-refractivity contribution in [2.75, 3.05) is 19.5 Å². The number of hydrogen-bond donors (Lipinski definition) is 0. The zero-order valence-corrected chi connectivity index (χ0v) is 14.3. The van der Waals surface area contributed by atoms with Gasteiger partial charge in [0.1, 0.15) is 5.60 Å². The quantitative estimate of drug-likeness (QED) is 0.527. The minimum atomic E-state index is -3.60. The molecule has 1 atom stereocenters. The van der Waals surface area contributed by atoms with E-state index in [9.17, 15) is 8.42 Å². The smallest absolute Gasteiger partial charge is 0.264 e. The van der Waals surface area contributed by atoms with Gasteiger partial charge in [-0.2, -0.15) is 8.42 Å². The largest absolute Gasteiger partial charge is 0.364 e. The first-order valence-electron chi connectivity index (χ1n) is 6.29. The third-order valence-electron chi connectivity index (χ3n) is 2.98. The normalized spacial score (nSPS) is 14.7. The first-order chi connectivity index (χ1) is 9.74. The van der Waals surface area contributed by atoms with Gasteiger partial charge >= 0.3 is 0 Å². The van der Waals surface area contributed by atoms with E-state index in [0.29, 0.717) is 22.0 Å². The fourth-order valence-corrected chi connectivity index (χ4v) is 2.86. The maximum atomic E-state index is 11.3. The molecule has 0 fully saturated rings. The first kappa shape index (κ1) is 18.5. The number of hydrogen-bond acceptors (Lipinski definition) is 4. The van der Waals surface area contributed by atoms with Crippen LogP contribution >= 0.6 is 23.2 Å². The van der Waals surface area contributed by atoms with Gasteiger partial charge < -0.3 is 4.74 Å². The molecule has 0 saturated heterocycles. The van der Waals surface area contributed by atoms with E-state index < -0.39 is 15.7 Å². The average molecular weight is 353 g/mol. The fraction of sp³-hybridized carbons (Fsp3) is 0.429. The minimum Gasteiger partial charge on any atom is -0.364 e. The summed E-state index contributed by atoms with van der Waals surface area (Å²) in [5.74, 6) is 0. The van der Waals surface area contributed by atoms with Gasteiger partial charge in [0.05, 0.1) is 19.5 Å². The summed E-state index contributed by atoms with van der Waals surface area (Å²) in [6.07, 6.45) is 3.04. The van der Waals surface area contributed by atoms with Crippen molar-refractivity contribution in [2.45, 2.75) is 18.9 Å². The van der Waals surface area contributed by atoms with Crippen LogP contribution < -0.4 is 0 Å². The van der Waals surface area contributed by atoms with Gasteiger partial charge in [-0.1, -0.05) is 42.3 Å². The highest BCUT2D eigenvalue weighted by Gasteiger charge is 2.35. The van der Waals surface area contributed by atoms with E-state index in [4.69, 9.17) is 32.1 Å². The molecule has 21 heavy (non-hydrogen) atoms. The lowest BCUT2D eigenvalue weighted by molar-refractivity contribution is -0.0681. The Balaban J connectivity index is 3.23. The highest BCUT2D eigenvalue weighted by Crippen LogP contribution is 2.36. The molecular formula is C14H18Cl2O4S. The second-order valence-corrected chi connectivity index (χ2v) is 7.03. The standard InChI is InChI=1S/C14H18Cl2O4S/c1-4-8-19-14(5-2,10-20-21(3,17)18)12-7-6-11(15)9-13(12)16/h4,6-7,9H,1,5,8,10H2,2-3H3. The van der Waals surface area contributed by atoms with E-state index in [0.717, 1.165) is 6.26 Å². The lowest BCUT2D eigenvalue weighted by atomic mass is 9.91. The molecule has 0 spiro atoms. The van der Waals surface area contributed by atoms with E-state index in [1.807, 2.05) is 6.92 Å². The lowest BCUT2D eigenvalue weighted by Crippen LogP contribution is -2.36. The molecule has 0 amide bonds. The van der Waals surface area contributed by atoms with Crippen LogP contribution in [0, 0.1) is 0 Å². The van der Waals surface area contributed by atoms with Crippen LogP contribution in [0.4, 0.5) is 0 Å². The van der Waals surface area contributed by atoms with Crippen LogP contribution in [0.15, 0.2) is 30.9 Å². The maximum Gasteiger partial charge on any atom is 0.264 e. The summed E-state index contributed by atoms with van der Waals surface area (Å²) < 4.78 is 33.3. The maximum absolute atomic E-state index is 11.3. The number of halogens is 2. The van der Waals surface area contributed by atoms with E-state index in [2.05, 4.69) is 6.58 Å². The molecule has 1 unspecified atom stereocenters. The van der Waals surface area contributed by atoms with Gasteiger partial charge in [0.15, 0.2) is 0 Å². The molecule has 0 saturated carbocycles. The fourth-order valence-electron chi connectivity index (χ4n) is 1.87. The number of rotatable bonds is 8. The molecule has 0 N–H and O–H groups in total. The SMILES string of the molecule is C=CCOC(CC)(COS(C)(=O)=O)c1ccc(Cl)cc1Cl. The molecule has 0 aliphatic heterocycles. The minimum absolute atomic E-state index is 0.169. The average Bonchev–Trinajstić information content (AvgIpc) is 2.39. The van der Waals surface area contributed by atoms with Crippen molar-refractivity contribution in [1.82, 2.24) is 0 Å². The van der Waals surface area contributed by atoms with E-state index in [1.165, 1.54) is 0 Å². The molecule has 1 aromatic rings. The van der Waals surface area contributed by atoms with Crippen molar-refractivity contribution >= 4 is 33.3 Å². The van der Waals surface area contributed by atoms with Crippen molar-refractivity contribution in [2.24, 2.45) is 0 Å². The van der Waals surface area contributed by atoms with Crippen LogP contribution in [0.1, 0.15) is 18.9 Å². The Bertz CT molecular complexity index is 601. The molecule has 4 nitrogen and oxygen atoms in total. The van der Waals surface area contributed by atoms with Gasteiger partial charge in [0, 0.05) is 15.6 Å². The van der Waals surface area contributed by atoms with Crippen LogP contribution in [0.5, 0.6) is 0 Å². The summed E-state index contributed by atoms with van der Waals surface area (Å²) in [5.41, 5.74) is -0.361. The summed E-state index contributed by atoms with van der Waals surface area (Å²) in [6, 6.07) is 4.97. The van der Waals surface area contributed by atoms with Gasteiger partial charge in [0.25, 0.3) is 10.1 Å². The zero-order chi connectivity index (χ0) is 16.1. The van der Waals surface area contributed by atoms with E-state index >= 15 is 0 Å². The molecular weight excluding hydrogens is 335 g/mol. The summed E-state index contributed by atoms with van der Waals surface area (Å²) >= 11 is 12.1. The van der Waals surface area contributed by atoms with Crippen LogP contribution in [0.2, 0.25) is 10.0 Å². The predicted octanol–water partition coefficient (Wildman–Crippen LogP) is 3.78. The third kappa shape index (κ3) is 5.27. The van der Waals surface area contributed by atoms with Crippen LogP contribution in [-0.4, -0.2) is 27.9 Å². The summed E-state index contributed by atoms with van der Waals surface area (Å²) in [7, 11) is -3.60. The molecule has 0 heterocycles.